The lowest BCUT2D eigenvalue weighted by Crippen LogP contribution is -2.24. The van der Waals surface area contributed by atoms with Crippen LogP contribution >= 0.6 is 0 Å². The van der Waals surface area contributed by atoms with E-state index in [-0.39, 0.29) is 0 Å². The Morgan fingerprint density at radius 2 is 1.48 bits per heavy atom. The van der Waals surface area contributed by atoms with Crippen LogP contribution in [0.15, 0.2) is 59.5 Å². The van der Waals surface area contributed by atoms with Crippen molar-refractivity contribution in [1.29, 1.82) is 0 Å². The van der Waals surface area contributed by atoms with Crippen molar-refractivity contribution in [1.82, 2.24) is 4.72 Å². The zero-order valence-corrected chi connectivity index (χ0v) is 13.1. The molecule has 0 aromatic heterocycles. The molecule has 0 saturated carbocycles. The molecule has 0 bridgehead atoms. The van der Waals surface area contributed by atoms with Crippen molar-refractivity contribution < 1.29 is 8.42 Å². The fourth-order valence-electron chi connectivity index (χ4n) is 2.12. The third-order valence-electron chi connectivity index (χ3n) is 3.34. The monoisotopic (exact) mass is 303 g/mol. The maximum absolute atomic E-state index is 12.1. The molecule has 0 heterocycles. The second-order valence-corrected chi connectivity index (χ2v) is 6.76. The zero-order valence-electron chi connectivity index (χ0n) is 12.2. The van der Waals surface area contributed by atoms with Crippen molar-refractivity contribution in [3.05, 3.63) is 54.6 Å². The summed E-state index contributed by atoms with van der Waals surface area (Å²) in [5.41, 5.74) is 2.10. The van der Waals surface area contributed by atoms with Gasteiger partial charge in [0.2, 0.25) is 10.0 Å². The molecule has 112 valence electrons. The summed E-state index contributed by atoms with van der Waals surface area (Å²) in [6, 6.07) is 16.9. The predicted molar refractivity (Wildman–Crippen MR) is 86.6 cm³/mol. The highest BCUT2D eigenvalue weighted by molar-refractivity contribution is 7.89. The van der Waals surface area contributed by atoms with Crippen LogP contribution in [0.3, 0.4) is 0 Å². The minimum atomic E-state index is -3.39. The lowest BCUT2D eigenvalue weighted by molar-refractivity contribution is 0.576. The van der Waals surface area contributed by atoms with Crippen molar-refractivity contribution >= 4 is 10.0 Å². The molecule has 0 amide bonds. The molecule has 0 atom stereocenters. The van der Waals surface area contributed by atoms with Gasteiger partial charge in [0.15, 0.2) is 0 Å². The van der Waals surface area contributed by atoms with E-state index < -0.39 is 10.0 Å². The number of nitrogens with one attached hydrogen (secondary N) is 1. The van der Waals surface area contributed by atoms with Gasteiger partial charge in [-0.1, -0.05) is 62.2 Å². The molecule has 0 radical (unpaired) electrons. The Morgan fingerprint density at radius 3 is 2.10 bits per heavy atom. The van der Waals surface area contributed by atoms with E-state index in [4.69, 9.17) is 0 Å². The first-order chi connectivity index (χ1) is 10.1. The van der Waals surface area contributed by atoms with Gasteiger partial charge >= 0.3 is 0 Å². The molecular formula is C17H21NO2S. The van der Waals surface area contributed by atoms with Gasteiger partial charge in [0.1, 0.15) is 0 Å². The van der Waals surface area contributed by atoms with Gasteiger partial charge in [0.05, 0.1) is 4.90 Å². The van der Waals surface area contributed by atoms with Crippen molar-refractivity contribution in [2.45, 2.75) is 31.1 Å². The second-order valence-electron chi connectivity index (χ2n) is 5.00. The van der Waals surface area contributed by atoms with Crippen LogP contribution in [0.4, 0.5) is 0 Å². The van der Waals surface area contributed by atoms with Gasteiger partial charge in [-0.2, -0.15) is 0 Å². The first-order valence-corrected chi connectivity index (χ1v) is 8.77. The molecule has 21 heavy (non-hydrogen) atoms. The summed E-state index contributed by atoms with van der Waals surface area (Å²) in [4.78, 5) is 0.318. The Balaban J connectivity index is 2.08. The molecule has 0 unspecified atom stereocenters. The van der Waals surface area contributed by atoms with Gasteiger partial charge in [0, 0.05) is 6.54 Å². The SMILES string of the molecule is CCCCCNS(=O)(=O)c1ccc(-c2ccccc2)cc1. The van der Waals surface area contributed by atoms with Gasteiger partial charge in [-0.25, -0.2) is 13.1 Å². The van der Waals surface area contributed by atoms with Crippen LogP contribution in [0, 0.1) is 0 Å². The normalized spacial score (nSPS) is 11.5. The van der Waals surface area contributed by atoms with E-state index >= 15 is 0 Å². The molecule has 0 aliphatic rings. The van der Waals surface area contributed by atoms with E-state index in [1.54, 1.807) is 12.1 Å². The summed E-state index contributed by atoms with van der Waals surface area (Å²) < 4.78 is 26.9. The number of hydrogen-bond acceptors (Lipinski definition) is 2. The fourth-order valence-corrected chi connectivity index (χ4v) is 3.20. The van der Waals surface area contributed by atoms with E-state index in [0.29, 0.717) is 11.4 Å². The van der Waals surface area contributed by atoms with Crippen molar-refractivity contribution in [3.8, 4) is 11.1 Å². The molecule has 2 aromatic rings. The van der Waals surface area contributed by atoms with Crippen LogP contribution in [0.2, 0.25) is 0 Å². The van der Waals surface area contributed by atoms with Crippen LogP contribution in [0.25, 0.3) is 11.1 Å². The number of unbranched alkanes of at least 4 members (excludes halogenated alkanes) is 2. The molecule has 2 aromatic carbocycles. The number of benzene rings is 2. The maximum Gasteiger partial charge on any atom is 0.240 e. The topological polar surface area (TPSA) is 46.2 Å². The molecule has 0 spiro atoms. The molecule has 1 N–H and O–H groups in total. The smallest absolute Gasteiger partial charge is 0.211 e. The van der Waals surface area contributed by atoms with Gasteiger partial charge in [0.25, 0.3) is 0 Å². The van der Waals surface area contributed by atoms with E-state index in [1.807, 2.05) is 42.5 Å². The number of hydrogen-bond donors (Lipinski definition) is 1. The Kier molecular flexibility index (Phi) is 5.53. The van der Waals surface area contributed by atoms with E-state index in [1.165, 1.54) is 0 Å². The summed E-state index contributed by atoms with van der Waals surface area (Å²) in [7, 11) is -3.39. The molecule has 4 heteroatoms. The Morgan fingerprint density at radius 1 is 0.857 bits per heavy atom. The van der Waals surface area contributed by atoms with Crippen LogP contribution in [0.1, 0.15) is 26.2 Å². The largest absolute Gasteiger partial charge is 0.240 e. The average molecular weight is 303 g/mol. The Bertz CT molecular complexity index is 649. The van der Waals surface area contributed by atoms with Crippen LogP contribution < -0.4 is 4.72 Å². The van der Waals surface area contributed by atoms with E-state index in [9.17, 15) is 8.42 Å². The molecule has 0 aliphatic heterocycles. The van der Waals surface area contributed by atoms with Gasteiger partial charge < -0.3 is 0 Å². The van der Waals surface area contributed by atoms with Gasteiger partial charge in [-0.3, -0.25) is 0 Å². The summed E-state index contributed by atoms with van der Waals surface area (Å²) in [5.74, 6) is 0. The van der Waals surface area contributed by atoms with Crippen molar-refractivity contribution in [2.75, 3.05) is 6.54 Å². The highest BCUT2D eigenvalue weighted by Gasteiger charge is 2.12. The van der Waals surface area contributed by atoms with Crippen LogP contribution in [-0.4, -0.2) is 15.0 Å². The van der Waals surface area contributed by atoms with Crippen LogP contribution in [-0.2, 0) is 10.0 Å². The Labute approximate surface area is 127 Å². The second kappa shape index (κ2) is 7.38. The van der Waals surface area contributed by atoms with E-state index in [0.717, 1.165) is 30.4 Å². The highest BCUT2D eigenvalue weighted by Crippen LogP contribution is 2.20. The van der Waals surface area contributed by atoms with Gasteiger partial charge in [-0.05, 0) is 29.7 Å². The minimum Gasteiger partial charge on any atom is -0.211 e. The lowest BCUT2D eigenvalue weighted by atomic mass is 10.1. The molecule has 0 fully saturated rings. The third-order valence-corrected chi connectivity index (χ3v) is 4.82. The molecule has 2 rings (SSSR count). The van der Waals surface area contributed by atoms with Gasteiger partial charge in [-0.15, -0.1) is 0 Å². The Hall–Kier alpha value is -1.65. The molecule has 3 nitrogen and oxygen atoms in total. The summed E-state index contributed by atoms with van der Waals surface area (Å²) in [6.45, 7) is 2.59. The molecular weight excluding hydrogens is 282 g/mol. The standard InChI is InChI=1S/C17H21NO2S/c1-2-3-7-14-18-21(19,20)17-12-10-16(11-13-17)15-8-5-4-6-9-15/h4-6,8-13,18H,2-3,7,14H2,1H3. The fraction of sp³-hybridized carbons (Fsp3) is 0.294. The highest BCUT2D eigenvalue weighted by atomic mass is 32.2. The molecule has 0 aliphatic carbocycles. The summed E-state index contributed by atoms with van der Waals surface area (Å²) in [5, 5.41) is 0. The average Bonchev–Trinajstić information content (AvgIpc) is 2.53. The lowest BCUT2D eigenvalue weighted by Gasteiger charge is -2.07. The number of sulfonamides is 1. The number of rotatable bonds is 7. The quantitative estimate of drug-likeness (QED) is 0.790. The minimum absolute atomic E-state index is 0.318. The summed E-state index contributed by atoms with van der Waals surface area (Å²) in [6.07, 6.45) is 2.99. The van der Waals surface area contributed by atoms with Crippen LogP contribution in [0.5, 0.6) is 0 Å². The molecule has 0 saturated heterocycles. The van der Waals surface area contributed by atoms with Crippen molar-refractivity contribution in [2.24, 2.45) is 0 Å². The first-order valence-electron chi connectivity index (χ1n) is 7.28. The predicted octanol–water partition coefficient (Wildman–Crippen LogP) is 3.82. The first kappa shape index (κ1) is 15.7. The zero-order chi connectivity index (χ0) is 15.1. The summed E-state index contributed by atoms with van der Waals surface area (Å²) >= 11 is 0. The van der Waals surface area contributed by atoms with E-state index in [2.05, 4.69) is 11.6 Å². The van der Waals surface area contributed by atoms with Crippen molar-refractivity contribution in [3.63, 3.8) is 0 Å². The third kappa shape index (κ3) is 4.41. The maximum atomic E-state index is 12.1.